The van der Waals surface area contributed by atoms with Crippen LogP contribution in [0, 0.1) is 6.92 Å². The second-order valence-electron chi connectivity index (χ2n) is 8.64. The fraction of sp³-hybridized carbons (Fsp3) is 0.240. The van der Waals surface area contributed by atoms with Crippen molar-refractivity contribution in [2.24, 2.45) is 7.05 Å². The van der Waals surface area contributed by atoms with Crippen LogP contribution < -0.4 is 10.6 Å². The molecule has 0 saturated carbocycles. The second kappa shape index (κ2) is 9.30. The Morgan fingerprint density at radius 3 is 2.35 bits per heavy atom. The van der Waals surface area contributed by atoms with Crippen molar-refractivity contribution in [2.75, 3.05) is 5.32 Å². The number of aromatic nitrogens is 5. The minimum atomic E-state index is -1.21. The summed E-state index contributed by atoms with van der Waals surface area (Å²) >= 11 is 0. The zero-order chi connectivity index (χ0) is 24.3. The molecule has 0 spiro atoms. The first kappa shape index (κ1) is 22.9. The normalized spacial score (nSPS) is 11.3. The summed E-state index contributed by atoms with van der Waals surface area (Å²) in [6, 6.07) is 19.5. The highest BCUT2D eigenvalue weighted by molar-refractivity contribution is 6.02. The number of nitrogens with zero attached hydrogens (tertiary/aromatic N) is 5. The fourth-order valence-electron chi connectivity index (χ4n) is 3.44. The van der Waals surface area contributed by atoms with Crippen molar-refractivity contribution < 1.29 is 9.59 Å². The highest BCUT2D eigenvalue weighted by Gasteiger charge is 2.31. The number of carbonyl (C=O) groups is 2. The van der Waals surface area contributed by atoms with Gasteiger partial charge in [0.2, 0.25) is 5.95 Å². The number of rotatable bonds is 7. The van der Waals surface area contributed by atoms with Crippen LogP contribution in [0.4, 0.5) is 5.95 Å². The van der Waals surface area contributed by atoms with Crippen LogP contribution in [0.2, 0.25) is 0 Å². The largest absolute Gasteiger partial charge is 0.337 e. The third-order valence-corrected chi connectivity index (χ3v) is 5.43. The average molecular weight is 458 g/mol. The molecule has 2 aromatic heterocycles. The van der Waals surface area contributed by atoms with Gasteiger partial charge in [-0.15, -0.1) is 5.10 Å². The van der Waals surface area contributed by atoms with Gasteiger partial charge in [-0.25, -0.2) is 4.68 Å². The van der Waals surface area contributed by atoms with E-state index in [2.05, 4.69) is 25.8 Å². The molecular weight excluding hydrogens is 430 g/mol. The molecule has 4 rings (SSSR count). The molecule has 0 radical (unpaired) electrons. The molecular formula is C25H27N7O2. The smallest absolute Gasteiger partial charge is 0.270 e. The molecule has 9 nitrogen and oxygen atoms in total. The molecule has 9 heteroatoms. The van der Waals surface area contributed by atoms with E-state index in [0.717, 1.165) is 16.7 Å². The Labute approximate surface area is 197 Å². The molecule has 174 valence electrons. The van der Waals surface area contributed by atoms with Gasteiger partial charge in [0, 0.05) is 18.8 Å². The van der Waals surface area contributed by atoms with Gasteiger partial charge in [-0.3, -0.25) is 19.6 Å². The lowest BCUT2D eigenvalue weighted by atomic mass is 10.0. The number of nitrogens with one attached hydrogen (secondary N) is 2. The lowest BCUT2D eigenvalue weighted by molar-refractivity contribution is -0.121. The van der Waals surface area contributed by atoms with Crippen LogP contribution in [0.25, 0.3) is 11.4 Å². The van der Waals surface area contributed by atoms with Crippen LogP contribution in [0.1, 0.15) is 35.5 Å². The Morgan fingerprint density at radius 2 is 1.71 bits per heavy atom. The van der Waals surface area contributed by atoms with Crippen LogP contribution in [0.5, 0.6) is 0 Å². The molecule has 2 aromatic carbocycles. The SMILES string of the molecule is Cc1ccc(-c2nc(NC(=O)C(C)(C)NC(=O)c3ccnn3C)nn2Cc2ccccc2)cc1. The van der Waals surface area contributed by atoms with Crippen LogP contribution in [0.3, 0.4) is 0 Å². The van der Waals surface area contributed by atoms with E-state index in [-0.39, 0.29) is 5.95 Å². The van der Waals surface area contributed by atoms with Crippen molar-refractivity contribution in [3.8, 4) is 11.4 Å². The van der Waals surface area contributed by atoms with E-state index in [1.54, 1.807) is 31.6 Å². The number of aryl methyl sites for hydroxylation is 2. The molecule has 34 heavy (non-hydrogen) atoms. The van der Waals surface area contributed by atoms with Crippen molar-refractivity contribution in [3.05, 3.63) is 83.7 Å². The molecule has 2 amide bonds. The van der Waals surface area contributed by atoms with Crippen molar-refractivity contribution >= 4 is 17.8 Å². The molecule has 0 aliphatic rings. The molecule has 0 bridgehead atoms. The van der Waals surface area contributed by atoms with Gasteiger partial charge in [-0.2, -0.15) is 10.1 Å². The van der Waals surface area contributed by atoms with Gasteiger partial charge in [-0.1, -0.05) is 60.2 Å². The third kappa shape index (κ3) is 5.03. The van der Waals surface area contributed by atoms with E-state index in [1.807, 2.05) is 61.5 Å². The van der Waals surface area contributed by atoms with E-state index in [4.69, 9.17) is 0 Å². The van der Waals surface area contributed by atoms with E-state index in [0.29, 0.717) is 18.1 Å². The Balaban J connectivity index is 1.57. The van der Waals surface area contributed by atoms with E-state index >= 15 is 0 Å². The number of benzene rings is 2. The van der Waals surface area contributed by atoms with Crippen molar-refractivity contribution in [2.45, 2.75) is 32.9 Å². The van der Waals surface area contributed by atoms with Gasteiger partial charge in [0.1, 0.15) is 11.2 Å². The van der Waals surface area contributed by atoms with Gasteiger partial charge < -0.3 is 5.32 Å². The van der Waals surface area contributed by atoms with Crippen LogP contribution in [-0.2, 0) is 18.4 Å². The molecule has 0 aliphatic heterocycles. The van der Waals surface area contributed by atoms with Gasteiger partial charge in [0.15, 0.2) is 5.82 Å². The number of hydrogen-bond acceptors (Lipinski definition) is 5. The summed E-state index contributed by atoms with van der Waals surface area (Å²) in [6.45, 7) is 5.76. The van der Waals surface area contributed by atoms with Crippen molar-refractivity contribution in [1.82, 2.24) is 29.9 Å². The predicted octanol–water partition coefficient (Wildman–Crippen LogP) is 3.18. The topological polar surface area (TPSA) is 107 Å². The molecule has 0 aliphatic carbocycles. The summed E-state index contributed by atoms with van der Waals surface area (Å²) in [6.07, 6.45) is 1.53. The summed E-state index contributed by atoms with van der Waals surface area (Å²) in [5.41, 5.74) is 2.22. The number of amides is 2. The van der Waals surface area contributed by atoms with Crippen LogP contribution in [0.15, 0.2) is 66.9 Å². The second-order valence-corrected chi connectivity index (χ2v) is 8.64. The average Bonchev–Trinajstić information content (AvgIpc) is 3.40. The Hall–Kier alpha value is -4.27. The lowest BCUT2D eigenvalue weighted by Gasteiger charge is -2.24. The summed E-state index contributed by atoms with van der Waals surface area (Å²) in [5, 5.41) is 14.0. The molecule has 0 saturated heterocycles. The zero-order valence-electron chi connectivity index (χ0n) is 19.6. The third-order valence-electron chi connectivity index (χ3n) is 5.43. The maximum atomic E-state index is 13.0. The highest BCUT2D eigenvalue weighted by atomic mass is 16.2. The molecule has 0 unspecified atom stereocenters. The van der Waals surface area contributed by atoms with Gasteiger partial charge in [0.25, 0.3) is 11.8 Å². The first-order valence-corrected chi connectivity index (χ1v) is 10.9. The summed E-state index contributed by atoms with van der Waals surface area (Å²) in [7, 11) is 1.66. The quantitative estimate of drug-likeness (QED) is 0.443. The number of carbonyl (C=O) groups excluding carboxylic acids is 2. The standard InChI is InChI=1S/C25H27N7O2/c1-17-10-12-19(13-11-17)21-27-24(30-32(21)16-18-8-6-5-7-9-18)28-23(34)25(2,3)29-22(33)20-14-15-26-31(20)4/h5-15H,16H2,1-4H3,(H,29,33)(H,28,30,34). The number of hydrogen-bond donors (Lipinski definition) is 2. The Kier molecular flexibility index (Phi) is 6.27. The fourth-order valence-corrected chi connectivity index (χ4v) is 3.44. The highest BCUT2D eigenvalue weighted by Crippen LogP contribution is 2.21. The molecule has 0 atom stereocenters. The Morgan fingerprint density at radius 1 is 1.00 bits per heavy atom. The Bertz CT molecular complexity index is 1300. The molecule has 2 heterocycles. The summed E-state index contributed by atoms with van der Waals surface area (Å²) in [5.74, 6) is -0.0337. The van der Waals surface area contributed by atoms with Crippen LogP contribution >= 0.6 is 0 Å². The maximum absolute atomic E-state index is 13.0. The zero-order valence-corrected chi connectivity index (χ0v) is 19.6. The van der Waals surface area contributed by atoms with E-state index in [1.165, 1.54) is 10.9 Å². The van der Waals surface area contributed by atoms with Gasteiger partial charge in [-0.05, 0) is 32.4 Å². The van der Waals surface area contributed by atoms with E-state index in [9.17, 15) is 9.59 Å². The van der Waals surface area contributed by atoms with Gasteiger partial charge in [0.05, 0.1) is 6.54 Å². The molecule has 2 N–H and O–H groups in total. The lowest BCUT2D eigenvalue weighted by Crippen LogP contribution is -2.52. The minimum Gasteiger partial charge on any atom is -0.337 e. The van der Waals surface area contributed by atoms with E-state index < -0.39 is 17.4 Å². The monoisotopic (exact) mass is 457 g/mol. The summed E-state index contributed by atoms with van der Waals surface area (Å²) < 4.78 is 3.21. The predicted molar refractivity (Wildman–Crippen MR) is 129 cm³/mol. The van der Waals surface area contributed by atoms with Crippen LogP contribution in [-0.4, -0.2) is 41.9 Å². The maximum Gasteiger partial charge on any atom is 0.270 e. The molecule has 0 fully saturated rings. The van der Waals surface area contributed by atoms with Crippen molar-refractivity contribution in [1.29, 1.82) is 0 Å². The van der Waals surface area contributed by atoms with Crippen molar-refractivity contribution in [3.63, 3.8) is 0 Å². The first-order chi connectivity index (χ1) is 16.2. The van der Waals surface area contributed by atoms with Gasteiger partial charge >= 0.3 is 0 Å². The number of anilines is 1. The minimum absolute atomic E-state index is 0.166. The molecule has 4 aromatic rings. The first-order valence-electron chi connectivity index (χ1n) is 10.9. The summed E-state index contributed by atoms with van der Waals surface area (Å²) in [4.78, 5) is 30.2.